The predicted octanol–water partition coefficient (Wildman–Crippen LogP) is 3.40. The molecule has 3 N–H and O–H groups in total. The third-order valence-electron chi connectivity index (χ3n) is 9.15. The van der Waals surface area contributed by atoms with Crippen molar-refractivity contribution in [1.29, 1.82) is 0 Å². The van der Waals surface area contributed by atoms with Gasteiger partial charge in [-0.05, 0) is 60.9 Å². The molecule has 3 heterocycles. The molecule has 7 rings (SSSR count). The van der Waals surface area contributed by atoms with Gasteiger partial charge in [-0.15, -0.1) is 11.8 Å². The molecule has 12 heteroatoms. The number of carbonyl (C=O) groups is 4. The molecule has 2 saturated carbocycles. The van der Waals surface area contributed by atoms with E-state index in [-0.39, 0.29) is 46.3 Å². The summed E-state index contributed by atoms with van der Waals surface area (Å²) in [5, 5.41) is 13.1. The number of thioether (sulfide) groups is 1. The summed E-state index contributed by atoms with van der Waals surface area (Å²) in [6.45, 7) is 1.19. The standard InChI is InChI=1S/C30H27N3O7S2/c1-13(29(37)38)33-27(35)22-17-11-18(23(22)28(33)36)24-21(17)20(25-26(41-24)32-30(39)42-25)14-6-5-9-16(10-14)40-12-19(34)31-15-7-3-2-4-8-15/h2-10,13,17-18,20-24H,11-12H2,1H3,(H,31,34)(H,32,39)(H,37,38)/t13?,17?,18?,20-,21?,22?,23?,24?/m1/s1. The van der Waals surface area contributed by atoms with Crippen molar-refractivity contribution in [2.24, 2.45) is 29.6 Å². The van der Waals surface area contributed by atoms with Crippen molar-refractivity contribution in [2.45, 2.75) is 35.6 Å². The highest BCUT2D eigenvalue weighted by atomic mass is 32.2. The molecule has 42 heavy (non-hydrogen) atoms. The summed E-state index contributed by atoms with van der Waals surface area (Å²) in [7, 11) is 0. The van der Waals surface area contributed by atoms with Crippen molar-refractivity contribution in [3.8, 4) is 5.75 Å². The Hall–Kier alpha value is -3.90. The Balaban J connectivity index is 1.19. The molecule has 1 aromatic heterocycles. The van der Waals surface area contributed by atoms with Gasteiger partial charge in [0.2, 0.25) is 11.8 Å². The topological polar surface area (TPSA) is 146 Å². The number of carboxylic acid groups (broad SMARTS) is 1. The lowest BCUT2D eigenvalue weighted by atomic mass is 9.68. The Morgan fingerprint density at radius 2 is 1.81 bits per heavy atom. The minimum absolute atomic E-state index is 0.0166. The number of nitrogens with one attached hydrogen (secondary N) is 2. The van der Waals surface area contributed by atoms with Crippen LogP contribution in [0.2, 0.25) is 0 Å². The lowest BCUT2D eigenvalue weighted by molar-refractivity contribution is -0.154. The summed E-state index contributed by atoms with van der Waals surface area (Å²) in [4.78, 5) is 68.3. The first-order chi connectivity index (χ1) is 20.2. The monoisotopic (exact) mass is 605 g/mol. The normalized spacial score (nSPS) is 29.5. The Morgan fingerprint density at radius 1 is 1.07 bits per heavy atom. The Morgan fingerprint density at radius 3 is 2.55 bits per heavy atom. The van der Waals surface area contributed by atoms with Crippen LogP contribution in [0.5, 0.6) is 5.75 Å². The van der Waals surface area contributed by atoms with Gasteiger partial charge < -0.3 is 20.1 Å². The molecule has 1 saturated heterocycles. The number of likely N-dealkylation sites (tertiary alicyclic amines) is 1. The minimum atomic E-state index is -1.22. The number of aromatic nitrogens is 1. The Bertz CT molecular complexity index is 1670. The van der Waals surface area contributed by atoms with Crippen LogP contribution in [-0.4, -0.2) is 56.6 Å². The highest BCUT2D eigenvalue weighted by Crippen LogP contribution is 2.68. The highest BCUT2D eigenvalue weighted by molar-refractivity contribution is 8.00. The molecule has 3 aromatic rings. The predicted molar refractivity (Wildman–Crippen MR) is 154 cm³/mol. The van der Waals surface area contributed by atoms with Crippen LogP contribution in [0.1, 0.15) is 29.7 Å². The largest absolute Gasteiger partial charge is 0.484 e. The summed E-state index contributed by atoms with van der Waals surface area (Å²) in [6.07, 6.45) is 0.704. The van der Waals surface area contributed by atoms with Gasteiger partial charge in [0, 0.05) is 21.7 Å². The molecule has 7 unspecified atom stereocenters. The molecule has 2 bridgehead atoms. The number of para-hydroxylation sites is 1. The van der Waals surface area contributed by atoms with Gasteiger partial charge in [0.15, 0.2) is 6.61 Å². The van der Waals surface area contributed by atoms with Crippen molar-refractivity contribution in [3.63, 3.8) is 0 Å². The van der Waals surface area contributed by atoms with Crippen molar-refractivity contribution in [3.05, 3.63) is 74.7 Å². The summed E-state index contributed by atoms with van der Waals surface area (Å²) in [6, 6.07) is 15.4. The number of hydrogen-bond donors (Lipinski definition) is 3. The second-order valence-electron chi connectivity index (χ2n) is 11.3. The van der Waals surface area contributed by atoms with Crippen LogP contribution < -0.4 is 14.9 Å². The number of thiazole rings is 1. The number of aliphatic carboxylic acids is 1. The molecular weight excluding hydrogens is 578 g/mol. The molecule has 4 aliphatic rings. The Kier molecular flexibility index (Phi) is 6.50. The van der Waals surface area contributed by atoms with Crippen LogP contribution in [-0.2, 0) is 19.2 Å². The fraction of sp³-hybridized carbons (Fsp3) is 0.367. The number of hydrogen-bond acceptors (Lipinski definition) is 8. The van der Waals surface area contributed by atoms with Crippen molar-refractivity contribution in [1.82, 2.24) is 9.88 Å². The van der Waals surface area contributed by atoms with Gasteiger partial charge in [0.1, 0.15) is 11.8 Å². The zero-order valence-corrected chi connectivity index (χ0v) is 24.0. The van der Waals surface area contributed by atoms with Crippen molar-refractivity contribution < 1.29 is 29.0 Å². The first kappa shape index (κ1) is 27.0. The van der Waals surface area contributed by atoms with E-state index in [1.807, 2.05) is 36.4 Å². The summed E-state index contributed by atoms with van der Waals surface area (Å²) in [5.74, 6) is -3.37. The number of carboxylic acids is 1. The third-order valence-corrected chi connectivity index (χ3v) is 11.7. The number of nitrogens with zero attached hydrogens (tertiary/aromatic N) is 1. The number of imide groups is 1. The second-order valence-corrected chi connectivity index (χ2v) is 13.5. The number of anilines is 1. The van der Waals surface area contributed by atoms with Crippen molar-refractivity contribution >= 4 is 52.5 Å². The van der Waals surface area contributed by atoms with E-state index < -0.39 is 35.7 Å². The second kappa shape index (κ2) is 10.1. The third kappa shape index (κ3) is 4.18. The van der Waals surface area contributed by atoms with E-state index >= 15 is 0 Å². The number of fused-ring (bicyclic) bond motifs is 9. The fourth-order valence-corrected chi connectivity index (χ4v) is 10.5. The number of amides is 3. The smallest absolute Gasteiger partial charge is 0.326 e. The first-order valence-corrected chi connectivity index (χ1v) is 15.5. The lowest BCUT2D eigenvalue weighted by Gasteiger charge is -2.43. The minimum Gasteiger partial charge on any atom is -0.484 e. The molecule has 3 fully saturated rings. The SMILES string of the molecule is CC(C(=O)O)N1C(=O)C2C3CC(C2C1=O)C1C3Sc2[nH]c(=O)sc2[C@@H]1c1cccc(OCC(=O)Nc2ccccc2)c1. The van der Waals surface area contributed by atoms with E-state index in [0.29, 0.717) is 17.9 Å². The van der Waals surface area contributed by atoms with Crippen LogP contribution in [0.4, 0.5) is 5.69 Å². The van der Waals surface area contributed by atoms with Crippen molar-refractivity contribution in [2.75, 3.05) is 11.9 Å². The van der Waals surface area contributed by atoms with E-state index in [9.17, 15) is 29.1 Å². The molecule has 0 spiro atoms. The molecular formula is C30H27N3O7S2. The van der Waals surface area contributed by atoms with E-state index in [1.165, 1.54) is 6.92 Å². The highest BCUT2D eigenvalue weighted by Gasteiger charge is 2.70. The quantitative estimate of drug-likeness (QED) is 0.348. The maximum Gasteiger partial charge on any atom is 0.326 e. The molecule has 216 valence electrons. The summed E-state index contributed by atoms with van der Waals surface area (Å²) < 4.78 is 5.86. The molecule has 10 nitrogen and oxygen atoms in total. The van der Waals surface area contributed by atoms with Crippen LogP contribution >= 0.6 is 23.1 Å². The zero-order valence-electron chi connectivity index (χ0n) is 22.4. The van der Waals surface area contributed by atoms with Gasteiger partial charge >= 0.3 is 10.8 Å². The van der Waals surface area contributed by atoms with Crippen LogP contribution in [0, 0.1) is 29.6 Å². The van der Waals surface area contributed by atoms with Crippen LogP contribution in [0.3, 0.4) is 0 Å². The molecule has 2 aromatic carbocycles. The number of H-pyrrole nitrogens is 1. The average Bonchev–Trinajstić information content (AvgIpc) is 3.71. The zero-order chi connectivity index (χ0) is 29.3. The van der Waals surface area contributed by atoms with E-state index in [2.05, 4.69) is 10.3 Å². The molecule has 8 atom stereocenters. The number of rotatable bonds is 7. The van der Waals surface area contributed by atoms with Gasteiger partial charge in [-0.3, -0.25) is 24.1 Å². The number of ether oxygens (including phenoxy) is 1. The van der Waals surface area contributed by atoms with Gasteiger partial charge in [-0.1, -0.05) is 41.7 Å². The van der Waals surface area contributed by atoms with E-state index in [0.717, 1.165) is 31.7 Å². The number of benzene rings is 2. The number of aromatic amines is 1. The maximum absolute atomic E-state index is 13.6. The summed E-state index contributed by atoms with van der Waals surface area (Å²) in [5.41, 5.74) is 1.57. The lowest BCUT2D eigenvalue weighted by Crippen LogP contribution is -2.44. The average molecular weight is 606 g/mol. The van der Waals surface area contributed by atoms with Crippen LogP contribution in [0.25, 0.3) is 0 Å². The maximum atomic E-state index is 13.6. The van der Waals surface area contributed by atoms with Gasteiger partial charge in [0.25, 0.3) is 5.91 Å². The van der Waals surface area contributed by atoms with E-state index in [4.69, 9.17) is 4.74 Å². The molecule has 2 aliphatic heterocycles. The molecule has 2 aliphatic carbocycles. The van der Waals surface area contributed by atoms with Crippen LogP contribution in [0.15, 0.2) is 64.4 Å². The number of carbonyl (C=O) groups excluding carboxylic acids is 3. The molecule has 3 amide bonds. The first-order valence-electron chi connectivity index (χ1n) is 13.8. The van der Waals surface area contributed by atoms with Gasteiger partial charge in [0.05, 0.1) is 16.9 Å². The Labute approximate surface area is 248 Å². The van der Waals surface area contributed by atoms with Gasteiger partial charge in [-0.2, -0.15) is 0 Å². The van der Waals surface area contributed by atoms with E-state index in [1.54, 1.807) is 30.0 Å². The van der Waals surface area contributed by atoms with Gasteiger partial charge in [-0.25, -0.2) is 4.79 Å². The fourth-order valence-electron chi connectivity index (χ4n) is 7.57. The summed E-state index contributed by atoms with van der Waals surface area (Å²) >= 11 is 2.72. The molecule has 0 radical (unpaired) electrons.